The minimum absolute atomic E-state index is 0.265. The number of hydrogen-bond acceptors (Lipinski definition) is 4. The fourth-order valence-electron chi connectivity index (χ4n) is 2.42. The van der Waals surface area contributed by atoms with E-state index in [-0.39, 0.29) is 6.79 Å². The Morgan fingerprint density at radius 2 is 1.91 bits per heavy atom. The summed E-state index contributed by atoms with van der Waals surface area (Å²) >= 11 is 12.1. The van der Waals surface area contributed by atoms with Gasteiger partial charge in [-0.25, -0.2) is 4.68 Å². The van der Waals surface area contributed by atoms with Gasteiger partial charge in [-0.3, -0.25) is 0 Å². The molecule has 0 fully saturated rings. The van der Waals surface area contributed by atoms with Crippen LogP contribution in [0.25, 0.3) is 11.3 Å². The molecule has 7 heteroatoms. The van der Waals surface area contributed by atoms with Crippen molar-refractivity contribution in [1.82, 2.24) is 15.0 Å². The zero-order chi connectivity index (χ0) is 15.8. The number of fused-ring (bicyclic) bond motifs is 1. The predicted octanol–water partition coefficient (Wildman–Crippen LogP) is 4.03. The molecule has 1 aliphatic rings. The summed E-state index contributed by atoms with van der Waals surface area (Å²) in [7, 11) is 0. The first-order valence-corrected chi connectivity index (χ1v) is 7.69. The Labute approximate surface area is 142 Å². The van der Waals surface area contributed by atoms with E-state index in [1.54, 1.807) is 16.8 Å². The van der Waals surface area contributed by atoms with E-state index in [2.05, 4.69) is 10.3 Å². The van der Waals surface area contributed by atoms with E-state index >= 15 is 0 Å². The first-order chi connectivity index (χ1) is 11.2. The number of rotatable bonds is 3. The fourth-order valence-corrected chi connectivity index (χ4v) is 2.93. The first kappa shape index (κ1) is 14.4. The quantitative estimate of drug-likeness (QED) is 0.717. The van der Waals surface area contributed by atoms with Crippen LogP contribution < -0.4 is 9.47 Å². The molecule has 0 radical (unpaired) electrons. The van der Waals surface area contributed by atoms with Crippen molar-refractivity contribution in [1.29, 1.82) is 0 Å². The van der Waals surface area contributed by atoms with Gasteiger partial charge in [0.05, 0.1) is 17.8 Å². The van der Waals surface area contributed by atoms with Gasteiger partial charge in [0.2, 0.25) is 6.79 Å². The molecule has 0 atom stereocenters. The van der Waals surface area contributed by atoms with Crippen LogP contribution in [-0.2, 0) is 6.54 Å². The monoisotopic (exact) mass is 347 g/mol. The molecule has 0 bridgehead atoms. The highest BCUT2D eigenvalue weighted by atomic mass is 35.5. The molecule has 0 saturated heterocycles. The fraction of sp³-hybridized carbons (Fsp3) is 0.125. The van der Waals surface area contributed by atoms with Crippen molar-refractivity contribution in [2.75, 3.05) is 6.79 Å². The summed E-state index contributed by atoms with van der Waals surface area (Å²) in [5.41, 5.74) is 2.55. The van der Waals surface area contributed by atoms with Crippen molar-refractivity contribution < 1.29 is 9.47 Å². The third-order valence-electron chi connectivity index (χ3n) is 3.53. The second kappa shape index (κ2) is 5.76. The lowest BCUT2D eigenvalue weighted by molar-refractivity contribution is 0.174. The van der Waals surface area contributed by atoms with Crippen LogP contribution in [0.3, 0.4) is 0 Å². The van der Waals surface area contributed by atoms with Gasteiger partial charge in [0, 0.05) is 10.6 Å². The zero-order valence-electron chi connectivity index (χ0n) is 11.9. The molecule has 3 aromatic rings. The lowest BCUT2D eigenvalue weighted by Crippen LogP contribution is -2.00. The van der Waals surface area contributed by atoms with E-state index in [1.807, 2.05) is 30.5 Å². The van der Waals surface area contributed by atoms with Crippen LogP contribution in [0.4, 0.5) is 0 Å². The Morgan fingerprint density at radius 3 is 2.78 bits per heavy atom. The molecule has 0 N–H and O–H groups in total. The summed E-state index contributed by atoms with van der Waals surface area (Å²) in [5, 5.41) is 9.46. The molecule has 0 saturated carbocycles. The average Bonchev–Trinajstić information content (AvgIpc) is 3.16. The van der Waals surface area contributed by atoms with Gasteiger partial charge >= 0.3 is 0 Å². The van der Waals surface area contributed by atoms with Gasteiger partial charge < -0.3 is 9.47 Å². The van der Waals surface area contributed by atoms with Gasteiger partial charge in [0.1, 0.15) is 5.69 Å². The van der Waals surface area contributed by atoms with Crippen LogP contribution in [0.1, 0.15) is 5.56 Å². The second-order valence-corrected chi connectivity index (χ2v) is 5.96. The molecule has 0 unspecified atom stereocenters. The van der Waals surface area contributed by atoms with Crippen LogP contribution in [0.15, 0.2) is 42.6 Å². The maximum Gasteiger partial charge on any atom is 0.231 e. The van der Waals surface area contributed by atoms with E-state index in [1.165, 1.54) is 0 Å². The molecule has 1 aliphatic heterocycles. The maximum atomic E-state index is 6.21. The molecule has 0 aliphatic carbocycles. The van der Waals surface area contributed by atoms with Crippen molar-refractivity contribution in [3.63, 3.8) is 0 Å². The van der Waals surface area contributed by atoms with Crippen LogP contribution >= 0.6 is 23.2 Å². The van der Waals surface area contributed by atoms with E-state index < -0.39 is 0 Å². The molecule has 0 amide bonds. The van der Waals surface area contributed by atoms with E-state index in [9.17, 15) is 0 Å². The number of halogens is 2. The van der Waals surface area contributed by atoms with Crippen LogP contribution in [-0.4, -0.2) is 21.8 Å². The summed E-state index contributed by atoms with van der Waals surface area (Å²) in [6.45, 7) is 0.843. The summed E-state index contributed by atoms with van der Waals surface area (Å²) in [4.78, 5) is 0. The SMILES string of the molecule is Clc1ccc(-c2cn(Cc3ccc4c(c3)OCO4)nn2)c(Cl)c1. The highest BCUT2D eigenvalue weighted by Gasteiger charge is 2.14. The van der Waals surface area contributed by atoms with Gasteiger partial charge in [-0.15, -0.1) is 5.10 Å². The van der Waals surface area contributed by atoms with Crippen molar-refractivity contribution in [3.8, 4) is 22.8 Å². The standard InChI is InChI=1S/C16H11Cl2N3O2/c17-11-2-3-12(13(18)6-11)14-8-21(20-19-14)7-10-1-4-15-16(5-10)23-9-22-15/h1-6,8H,7,9H2. The zero-order valence-corrected chi connectivity index (χ0v) is 13.4. The lowest BCUT2D eigenvalue weighted by atomic mass is 10.1. The van der Waals surface area contributed by atoms with Crippen molar-refractivity contribution in [2.45, 2.75) is 6.54 Å². The molecule has 2 aromatic carbocycles. The lowest BCUT2D eigenvalue weighted by Gasteiger charge is -2.03. The Morgan fingerprint density at radius 1 is 1.04 bits per heavy atom. The Balaban J connectivity index is 1.58. The van der Waals surface area contributed by atoms with Crippen molar-refractivity contribution >= 4 is 23.2 Å². The van der Waals surface area contributed by atoms with E-state index in [0.717, 1.165) is 22.6 Å². The molecular weight excluding hydrogens is 337 g/mol. The number of benzene rings is 2. The first-order valence-electron chi connectivity index (χ1n) is 6.93. The molecule has 0 spiro atoms. The average molecular weight is 348 g/mol. The molecule has 2 heterocycles. The minimum atomic E-state index is 0.265. The van der Waals surface area contributed by atoms with Crippen LogP contribution in [0.5, 0.6) is 11.5 Å². The van der Waals surface area contributed by atoms with E-state index in [4.69, 9.17) is 32.7 Å². The number of nitrogens with zero attached hydrogens (tertiary/aromatic N) is 3. The highest BCUT2D eigenvalue weighted by molar-refractivity contribution is 6.36. The van der Waals surface area contributed by atoms with Crippen molar-refractivity contribution in [3.05, 3.63) is 58.2 Å². The van der Waals surface area contributed by atoms with Crippen molar-refractivity contribution in [2.24, 2.45) is 0 Å². The highest BCUT2D eigenvalue weighted by Crippen LogP contribution is 2.33. The summed E-state index contributed by atoms with van der Waals surface area (Å²) in [6.07, 6.45) is 1.85. The van der Waals surface area contributed by atoms with Gasteiger partial charge in [-0.1, -0.05) is 34.5 Å². The molecule has 116 valence electrons. The predicted molar refractivity (Wildman–Crippen MR) is 87.1 cm³/mol. The Hall–Kier alpha value is -2.24. The van der Waals surface area contributed by atoms with E-state index in [0.29, 0.717) is 22.3 Å². The molecule has 4 rings (SSSR count). The van der Waals surface area contributed by atoms with Gasteiger partial charge in [-0.2, -0.15) is 0 Å². The van der Waals surface area contributed by atoms with Crippen LogP contribution in [0, 0.1) is 0 Å². The minimum Gasteiger partial charge on any atom is -0.454 e. The van der Waals surface area contributed by atoms with Gasteiger partial charge in [0.25, 0.3) is 0 Å². The molecule has 23 heavy (non-hydrogen) atoms. The largest absolute Gasteiger partial charge is 0.454 e. The third-order valence-corrected chi connectivity index (χ3v) is 4.08. The molecular formula is C16H11Cl2N3O2. The maximum absolute atomic E-state index is 6.21. The number of hydrogen-bond donors (Lipinski definition) is 0. The molecule has 5 nitrogen and oxygen atoms in total. The second-order valence-electron chi connectivity index (χ2n) is 5.11. The molecule has 1 aromatic heterocycles. The normalized spacial score (nSPS) is 12.6. The smallest absolute Gasteiger partial charge is 0.231 e. The van der Waals surface area contributed by atoms with Gasteiger partial charge in [0.15, 0.2) is 11.5 Å². The summed E-state index contributed by atoms with van der Waals surface area (Å²) < 4.78 is 12.4. The number of aromatic nitrogens is 3. The Bertz CT molecular complexity index is 880. The summed E-state index contributed by atoms with van der Waals surface area (Å²) in [5.74, 6) is 1.52. The van der Waals surface area contributed by atoms with Gasteiger partial charge in [-0.05, 0) is 35.9 Å². The third kappa shape index (κ3) is 2.85. The summed E-state index contributed by atoms with van der Waals surface area (Å²) in [6, 6.07) is 11.1. The number of ether oxygens (including phenoxy) is 2. The van der Waals surface area contributed by atoms with Crippen LogP contribution in [0.2, 0.25) is 10.0 Å². The Kier molecular flexibility index (Phi) is 3.59. The topological polar surface area (TPSA) is 49.2 Å².